The molecule has 0 atom stereocenters. The molecule has 2 aromatic rings. The topological polar surface area (TPSA) is 83.6 Å². The summed E-state index contributed by atoms with van der Waals surface area (Å²) >= 11 is 9.19. The molecule has 2 heterocycles. The normalized spacial score (nSPS) is 14.4. The predicted octanol–water partition coefficient (Wildman–Crippen LogP) is 3.55. The predicted molar refractivity (Wildman–Crippen MR) is 112 cm³/mol. The van der Waals surface area contributed by atoms with Gasteiger partial charge in [0.25, 0.3) is 5.91 Å². The molecule has 29 heavy (non-hydrogen) atoms. The van der Waals surface area contributed by atoms with Crippen molar-refractivity contribution >= 4 is 50.7 Å². The smallest absolute Gasteiger partial charge is 0.258 e. The van der Waals surface area contributed by atoms with Crippen molar-refractivity contribution in [1.82, 2.24) is 9.88 Å². The monoisotopic (exact) mass is 484 g/mol. The molecule has 0 spiro atoms. The Morgan fingerprint density at radius 2 is 2.00 bits per heavy atom. The highest BCUT2D eigenvalue weighted by Crippen LogP contribution is 2.23. The zero-order chi connectivity index (χ0) is 20.8. The molecule has 0 radical (unpaired) electrons. The van der Waals surface area contributed by atoms with E-state index < -0.39 is 11.7 Å². The minimum atomic E-state index is -0.593. The third-order valence-electron chi connectivity index (χ3n) is 4.31. The highest BCUT2D eigenvalue weighted by atomic mass is 79.9. The summed E-state index contributed by atoms with van der Waals surface area (Å²) in [6.07, 6.45) is 1.71. The molecule has 0 aliphatic carbocycles. The van der Waals surface area contributed by atoms with Crippen LogP contribution in [0.2, 0.25) is 5.15 Å². The van der Waals surface area contributed by atoms with E-state index in [0.717, 1.165) is 13.1 Å². The van der Waals surface area contributed by atoms with Crippen LogP contribution in [0.3, 0.4) is 0 Å². The quantitative estimate of drug-likeness (QED) is 0.612. The Morgan fingerprint density at radius 3 is 2.76 bits per heavy atom. The number of anilines is 2. The summed E-state index contributed by atoms with van der Waals surface area (Å²) in [6.45, 7) is 3.42. The number of hydrogen-bond donors (Lipinski definition) is 2. The van der Waals surface area contributed by atoms with Crippen LogP contribution in [0.15, 0.2) is 34.9 Å². The van der Waals surface area contributed by atoms with Gasteiger partial charge < -0.3 is 15.4 Å². The molecule has 0 saturated carbocycles. The number of nitrogens with one attached hydrogen (secondary N) is 2. The van der Waals surface area contributed by atoms with Crippen LogP contribution in [0.4, 0.5) is 15.8 Å². The fourth-order valence-corrected chi connectivity index (χ4v) is 3.30. The van der Waals surface area contributed by atoms with Gasteiger partial charge in [-0.2, -0.15) is 0 Å². The number of halogens is 3. The first-order valence-corrected chi connectivity index (χ1v) is 10.1. The highest BCUT2D eigenvalue weighted by molar-refractivity contribution is 9.10. The first kappa shape index (κ1) is 21.6. The van der Waals surface area contributed by atoms with Crippen molar-refractivity contribution in [2.75, 3.05) is 43.5 Å². The SMILES string of the molecule is O=C(CCN1CCOCC1)Nc1cc(NC(=O)c2cc(Br)cnc2Cl)ccc1F. The number of ether oxygens (including phenoxy) is 1. The second-order valence-corrected chi connectivity index (χ2v) is 7.67. The van der Waals surface area contributed by atoms with E-state index in [1.54, 1.807) is 0 Å². The van der Waals surface area contributed by atoms with Gasteiger partial charge in [-0.3, -0.25) is 14.5 Å². The molecule has 154 valence electrons. The zero-order valence-corrected chi connectivity index (χ0v) is 17.7. The van der Waals surface area contributed by atoms with Gasteiger partial charge in [0.15, 0.2) is 0 Å². The summed E-state index contributed by atoms with van der Waals surface area (Å²) in [5.41, 5.74) is 0.477. The molecule has 3 rings (SSSR count). The molecule has 0 unspecified atom stereocenters. The van der Waals surface area contributed by atoms with E-state index in [9.17, 15) is 14.0 Å². The van der Waals surface area contributed by atoms with Crippen molar-refractivity contribution in [2.24, 2.45) is 0 Å². The van der Waals surface area contributed by atoms with Crippen LogP contribution in [0.5, 0.6) is 0 Å². The van der Waals surface area contributed by atoms with Gasteiger partial charge in [-0.15, -0.1) is 0 Å². The van der Waals surface area contributed by atoms with Gasteiger partial charge in [0.2, 0.25) is 5.91 Å². The molecule has 10 heteroatoms. The van der Waals surface area contributed by atoms with E-state index in [1.807, 2.05) is 0 Å². The maximum atomic E-state index is 14.1. The van der Waals surface area contributed by atoms with Gasteiger partial charge in [-0.1, -0.05) is 11.6 Å². The van der Waals surface area contributed by atoms with Gasteiger partial charge in [-0.25, -0.2) is 9.37 Å². The molecule has 7 nitrogen and oxygen atoms in total. The fourth-order valence-electron chi connectivity index (χ4n) is 2.78. The van der Waals surface area contributed by atoms with Crippen molar-refractivity contribution in [3.63, 3.8) is 0 Å². The van der Waals surface area contributed by atoms with Crippen molar-refractivity contribution < 1.29 is 18.7 Å². The van der Waals surface area contributed by atoms with Gasteiger partial charge in [0.1, 0.15) is 11.0 Å². The molecular formula is C19H19BrClFN4O3. The van der Waals surface area contributed by atoms with E-state index in [1.165, 1.54) is 30.5 Å². The van der Waals surface area contributed by atoms with Crippen molar-refractivity contribution in [3.8, 4) is 0 Å². The third-order valence-corrected chi connectivity index (χ3v) is 5.04. The Morgan fingerprint density at radius 1 is 1.24 bits per heavy atom. The van der Waals surface area contributed by atoms with Crippen LogP contribution in [0, 0.1) is 5.82 Å². The molecule has 2 amide bonds. The lowest BCUT2D eigenvalue weighted by Gasteiger charge is -2.26. The zero-order valence-electron chi connectivity index (χ0n) is 15.4. The number of hydrogen-bond acceptors (Lipinski definition) is 5. The van der Waals surface area contributed by atoms with Gasteiger partial charge in [0.05, 0.1) is 24.5 Å². The van der Waals surface area contributed by atoms with Gasteiger partial charge >= 0.3 is 0 Å². The lowest BCUT2D eigenvalue weighted by atomic mass is 10.2. The lowest BCUT2D eigenvalue weighted by molar-refractivity contribution is -0.116. The second-order valence-electron chi connectivity index (χ2n) is 6.39. The average Bonchev–Trinajstić information content (AvgIpc) is 2.71. The van der Waals surface area contributed by atoms with Crippen molar-refractivity contribution in [1.29, 1.82) is 0 Å². The number of benzene rings is 1. The van der Waals surface area contributed by atoms with Crippen LogP contribution >= 0.6 is 27.5 Å². The Hall–Kier alpha value is -2.07. The van der Waals surface area contributed by atoms with Crippen molar-refractivity contribution in [3.05, 3.63) is 51.5 Å². The van der Waals surface area contributed by atoms with E-state index in [0.29, 0.717) is 29.9 Å². The van der Waals surface area contributed by atoms with Gasteiger partial charge in [0, 0.05) is 42.4 Å². The number of carbonyl (C=O) groups is 2. The number of morpholine rings is 1. The summed E-state index contributed by atoms with van der Waals surface area (Å²) < 4.78 is 20.0. The first-order chi connectivity index (χ1) is 13.9. The second kappa shape index (κ2) is 10.1. The Balaban J connectivity index is 1.62. The maximum absolute atomic E-state index is 14.1. The van der Waals surface area contributed by atoms with Crippen molar-refractivity contribution in [2.45, 2.75) is 6.42 Å². The minimum absolute atomic E-state index is 0.00626. The Labute approximate surface area is 180 Å². The van der Waals surface area contributed by atoms with E-state index in [4.69, 9.17) is 16.3 Å². The maximum Gasteiger partial charge on any atom is 0.258 e. The Kier molecular flexibility index (Phi) is 7.54. The molecule has 1 aromatic heterocycles. The molecule has 2 N–H and O–H groups in total. The summed E-state index contributed by atoms with van der Waals surface area (Å²) in [5, 5.41) is 5.23. The van der Waals surface area contributed by atoms with Crippen LogP contribution in [-0.2, 0) is 9.53 Å². The number of carbonyl (C=O) groups excluding carboxylic acids is 2. The lowest BCUT2D eigenvalue weighted by Crippen LogP contribution is -2.38. The fraction of sp³-hybridized carbons (Fsp3) is 0.316. The molecule has 1 aliphatic heterocycles. The molecule has 1 aromatic carbocycles. The molecule has 1 aliphatic rings. The average molecular weight is 486 g/mol. The Bertz CT molecular complexity index is 909. The van der Waals surface area contributed by atoms with E-state index in [2.05, 4.69) is 36.4 Å². The number of rotatable bonds is 6. The van der Waals surface area contributed by atoms with E-state index >= 15 is 0 Å². The molecular weight excluding hydrogens is 467 g/mol. The van der Waals surface area contributed by atoms with Crippen LogP contribution < -0.4 is 10.6 Å². The first-order valence-electron chi connectivity index (χ1n) is 8.94. The highest BCUT2D eigenvalue weighted by Gasteiger charge is 2.15. The summed E-state index contributed by atoms with van der Waals surface area (Å²) in [6, 6.07) is 5.46. The molecule has 1 fully saturated rings. The number of amides is 2. The summed E-state index contributed by atoms with van der Waals surface area (Å²) in [7, 11) is 0. The largest absolute Gasteiger partial charge is 0.379 e. The molecule has 0 bridgehead atoms. The molecule has 1 saturated heterocycles. The minimum Gasteiger partial charge on any atom is -0.379 e. The third kappa shape index (κ3) is 6.20. The van der Waals surface area contributed by atoms with Crippen LogP contribution in [0.25, 0.3) is 0 Å². The van der Waals surface area contributed by atoms with E-state index in [-0.39, 0.29) is 28.7 Å². The number of pyridine rings is 1. The number of nitrogens with zero attached hydrogens (tertiary/aromatic N) is 2. The standard InChI is InChI=1S/C19H19BrClFN4O3/c20-12-9-14(18(21)23-11-12)19(28)24-13-1-2-15(22)16(10-13)25-17(27)3-4-26-5-7-29-8-6-26/h1-2,9-11H,3-8H2,(H,24,28)(H,25,27). The van der Waals surface area contributed by atoms with Gasteiger partial charge in [-0.05, 0) is 40.2 Å². The summed E-state index contributed by atoms with van der Waals surface area (Å²) in [4.78, 5) is 30.6. The summed E-state index contributed by atoms with van der Waals surface area (Å²) in [5.74, 6) is -1.40. The van der Waals surface area contributed by atoms with Crippen LogP contribution in [-0.4, -0.2) is 54.5 Å². The van der Waals surface area contributed by atoms with Crippen LogP contribution in [0.1, 0.15) is 16.8 Å². The number of aromatic nitrogens is 1.